The maximum Gasteiger partial charge on any atom is 0.338 e. The van der Waals surface area contributed by atoms with Crippen LogP contribution in [-0.2, 0) is 4.79 Å². The van der Waals surface area contributed by atoms with E-state index in [9.17, 15) is 14.7 Å². The molecule has 2 atom stereocenters. The first kappa shape index (κ1) is 15.6. The Kier molecular flexibility index (Phi) is 3.53. The topological polar surface area (TPSA) is 115 Å². The molecule has 0 radical (unpaired) electrons. The van der Waals surface area contributed by atoms with E-state index >= 15 is 0 Å². The fourth-order valence-electron chi connectivity index (χ4n) is 2.54. The molecule has 1 aliphatic heterocycles. The zero-order valence-electron chi connectivity index (χ0n) is 13.1. The molecule has 7 nitrogen and oxygen atoms in total. The van der Waals surface area contributed by atoms with Gasteiger partial charge in [0.1, 0.15) is 5.69 Å². The Morgan fingerprint density at radius 1 is 1.42 bits per heavy atom. The number of nitrogens with one attached hydrogen (secondary N) is 1. The summed E-state index contributed by atoms with van der Waals surface area (Å²) in [5, 5.41) is 21.8. The molecule has 0 saturated carbocycles. The number of amidine groups is 1. The van der Waals surface area contributed by atoms with Gasteiger partial charge >= 0.3 is 5.97 Å². The van der Waals surface area contributed by atoms with Crippen molar-refractivity contribution in [2.24, 2.45) is 10.9 Å². The first-order chi connectivity index (χ1) is 11.4. The SMILES string of the molecule is CC(C#N)C1(C)N=C(c2nc3ccccc3cc2C(=O)O)NC1=O. The van der Waals surface area contributed by atoms with Crippen LogP contribution < -0.4 is 5.32 Å². The van der Waals surface area contributed by atoms with Gasteiger partial charge in [-0.3, -0.25) is 4.79 Å². The number of para-hydroxylation sites is 1. The van der Waals surface area contributed by atoms with Crippen LogP contribution in [0.3, 0.4) is 0 Å². The first-order valence-corrected chi connectivity index (χ1v) is 7.31. The number of amides is 1. The predicted octanol–water partition coefficient (Wildman–Crippen LogP) is 1.73. The van der Waals surface area contributed by atoms with Crippen molar-refractivity contribution in [2.75, 3.05) is 0 Å². The van der Waals surface area contributed by atoms with Crippen LogP contribution >= 0.6 is 0 Å². The number of nitriles is 1. The van der Waals surface area contributed by atoms with Gasteiger partial charge in [0, 0.05) is 5.39 Å². The molecule has 2 unspecified atom stereocenters. The number of aromatic carboxylic acids is 1. The second kappa shape index (κ2) is 5.42. The van der Waals surface area contributed by atoms with Crippen molar-refractivity contribution in [3.05, 3.63) is 41.6 Å². The number of hydrogen-bond donors (Lipinski definition) is 2. The molecule has 3 rings (SSSR count). The van der Waals surface area contributed by atoms with E-state index in [1.54, 1.807) is 38.1 Å². The molecule has 0 bridgehead atoms. The summed E-state index contributed by atoms with van der Waals surface area (Å²) in [4.78, 5) is 32.5. The lowest BCUT2D eigenvalue weighted by molar-refractivity contribution is -0.124. The van der Waals surface area contributed by atoms with E-state index in [0.717, 1.165) is 0 Å². The average Bonchev–Trinajstić information content (AvgIpc) is 2.89. The van der Waals surface area contributed by atoms with Crippen LogP contribution in [0.15, 0.2) is 35.3 Å². The normalized spacial score (nSPS) is 21.0. The summed E-state index contributed by atoms with van der Waals surface area (Å²) >= 11 is 0. The standard InChI is InChI=1S/C17H14N4O3/c1-9(8-18)17(2)16(24)20-14(21-17)13-11(15(22)23)7-10-5-3-4-6-12(10)19-13/h3-7,9H,1-2H3,(H,22,23)(H,20,21,24). The molecular formula is C17H14N4O3. The minimum atomic E-state index is -1.27. The third kappa shape index (κ3) is 2.29. The smallest absolute Gasteiger partial charge is 0.338 e. The van der Waals surface area contributed by atoms with Gasteiger partial charge < -0.3 is 10.4 Å². The molecule has 0 saturated heterocycles. The number of aromatic nitrogens is 1. The molecule has 0 spiro atoms. The van der Waals surface area contributed by atoms with Crippen molar-refractivity contribution in [1.82, 2.24) is 10.3 Å². The van der Waals surface area contributed by atoms with E-state index in [4.69, 9.17) is 5.26 Å². The fourth-order valence-corrected chi connectivity index (χ4v) is 2.54. The highest BCUT2D eigenvalue weighted by Gasteiger charge is 2.45. The summed E-state index contributed by atoms with van der Waals surface area (Å²) in [5.41, 5.74) is -0.644. The van der Waals surface area contributed by atoms with Crippen LogP contribution in [0.2, 0.25) is 0 Å². The highest BCUT2D eigenvalue weighted by Crippen LogP contribution is 2.28. The van der Waals surface area contributed by atoms with E-state index in [1.165, 1.54) is 6.07 Å². The van der Waals surface area contributed by atoms with Crippen LogP contribution in [0.25, 0.3) is 10.9 Å². The molecule has 1 aliphatic rings. The Hall–Kier alpha value is -3.27. The third-order valence-corrected chi connectivity index (χ3v) is 4.25. The lowest BCUT2D eigenvalue weighted by atomic mass is 9.89. The van der Waals surface area contributed by atoms with Crippen molar-refractivity contribution in [1.29, 1.82) is 5.26 Å². The van der Waals surface area contributed by atoms with Gasteiger partial charge in [-0.1, -0.05) is 18.2 Å². The van der Waals surface area contributed by atoms with Gasteiger partial charge in [-0.2, -0.15) is 5.26 Å². The Labute approximate surface area is 137 Å². The van der Waals surface area contributed by atoms with Gasteiger partial charge in [0.05, 0.1) is 23.1 Å². The van der Waals surface area contributed by atoms with E-state index < -0.39 is 23.3 Å². The van der Waals surface area contributed by atoms with Gasteiger partial charge in [-0.25, -0.2) is 14.8 Å². The van der Waals surface area contributed by atoms with Crippen molar-refractivity contribution >= 4 is 28.6 Å². The van der Waals surface area contributed by atoms with Gasteiger partial charge in [0.2, 0.25) is 0 Å². The Morgan fingerprint density at radius 3 is 2.79 bits per heavy atom. The van der Waals surface area contributed by atoms with Gasteiger partial charge in [-0.05, 0) is 26.0 Å². The van der Waals surface area contributed by atoms with Crippen molar-refractivity contribution in [3.63, 3.8) is 0 Å². The van der Waals surface area contributed by atoms with Crippen LogP contribution in [0, 0.1) is 17.2 Å². The molecule has 24 heavy (non-hydrogen) atoms. The summed E-state index contributed by atoms with van der Waals surface area (Å²) in [6.45, 7) is 3.14. The number of benzene rings is 1. The van der Waals surface area contributed by atoms with Gasteiger partial charge in [0.15, 0.2) is 11.4 Å². The quantitative estimate of drug-likeness (QED) is 0.892. The number of carbonyl (C=O) groups excluding carboxylic acids is 1. The third-order valence-electron chi connectivity index (χ3n) is 4.25. The Bertz CT molecular complexity index is 944. The highest BCUT2D eigenvalue weighted by atomic mass is 16.4. The fraction of sp³-hybridized carbons (Fsp3) is 0.235. The number of carboxylic acid groups (broad SMARTS) is 1. The van der Waals surface area contributed by atoms with Crippen LogP contribution in [0.4, 0.5) is 0 Å². The number of carboxylic acids is 1. The predicted molar refractivity (Wildman–Crippen MR) is 86.6 cm³/mol. The summed E-state index contributed by atoms with van der Waals surface area (Å²) in [7, 11) is 0. The number of pyridine rings is 1. The molecule has 1 aromatic heterocycles. The van der Waals surface area contributed by atoms with Gasteiger partial charge in [-0.15, -0.1) is 0 Å². The van der Waals surface area contributed by atoms with E-state index in [2.05, 4.69) is 15.3 Å². The molecule has 0 fully saturated rings. The van der Waals surface area contributed by atoms with E-state index in [0.29, 0.717) is 10.9 Å². The zero-order chi connectivity index (χ0) is 17.5. The largest absolute Gasteiger partial charge is 0.478 e. The second-order valence-corrected chi connectivity index (χ2v) is 5.80. The van der Waals surface area contributed by atoms with Gasteiger partial charge in [0.25, 0.3) is 5.91 Å². The van der Waals surface area contributed by atoms with E-state index in [1.807, 2.05) is 6.07 Å². The molecule has 7 heteroatoms. The van der Waals surface area contributed by atoms with Crippen LogP contribution in [0.1, 0.15) is 29.9 Å². The Morgan fingerprint density at radius 2 is 2.12 bits per heavy atom. The van der Waals surface area contributed by atoms with Crippen molar-refractivity contribution < 1.29 is 14.7 Å². The number of carbonyl (C=O) groups is 2. The summed E-state index contributed by atoms with van der Waals surface area (Å²) in [6.07, 6.45) is 0. The molecule has 120 valence electrons. The molecule has 2 heterocycles. The lowest BCUT2D eigenvalue weighted by Crippen LogP contribution is -2.41. The number of aliphatic imine (C=N–C) groups is 1. The van der Waals surface area contributed by atoms with E-state index in [-0.39, 0.29) is 17.1 Å². The summed E-state index contributed by atoms with van der Waals surface area (Å²) in [6, 6.07) is 10.6. The lowest BCUT2D eigenvalue weighted by Gasteiger charge is -2.19. The number of nitrogens with zero attached hydrogens (tertiary/aromatic N) is 3. The number of fused-ring (bicyclic) bond motifs is 1. The molecule has 1 aromatic carbocycles. The number of hydrogen-bond acceptors (Lipinski definition) is 5. The second-order valence-electron chi connectivity index (χ2n) is 5.80. The number of rotatable bonds is 3. The summed E-state index contributed by atoms with van der Waals surface area (Å²) in [5.74, 6) is -2.20. The maximum atomic E-state index is 12.3. The average molecular weight is 322 g/mol. The first-order valence-electron chi connectivity index (χ1n) is 7.31. The molecule has 2 N–H and O–H groups in total. The van der Waals surface area contributed by atoms with Crippen molar-refractivity contribution in [3.8, 4) is 6.07 Å². The minimum Gasteiger partial charge on any atom is -0.478 e. The molecule has 2 aromatic rings. The van der Waals surface area contributed by atoms with Crippen LogP contribution in [-0.4, -0.2) is 33.3 Å². The molecular weight excluding hydrogens is 308 g/mol. The molecule has 0 aliphatic carbocycles. The zero-order valence-corrected chi connectivity index (χ0v) is 13.1. The molecule has 1 amide bonds. The monoisotopic (exact) mass is 322 g/mol. The summed E-state index contributed by atoms with van der Waals surface area (Å²) < 4.78 is 0. The minimum absolute atomic E-state index is 0.0541. The van der Waals surface area contributed by atoms with Crippen LogP contribution in [0.5, 0.6) is 0 Å². The Balaban J connectivity index is 2.21. The highest BCUT2D eigenvalue weighted by molar-refractivity contribution is 6.18. The maximum absolute atomic E-state index is 12.3. The van der Waals surface area contributed by atoms with Crippen molar-refractivity contribution in [2.45, 2.75) is 19.4 Å².